The molecule has 0 amide bonds. The van der Waals surface area contributed by atoms with Crippen molar-refractivity contribution in [2.75, 3.05) is 32.9 Å². The number of rotatable bonds is 3. The Morgan fingerprint density at radius 3 is 2.84 bits per heavy atom. The van der Waals surface area contributed by atoms with E-state index in [4.69, 9.17) is 32.7 Å². The highest BCUT2D eigenvalue weighted by Gasteiger charge is 2.34. The van der Waals surface area contributed by atoms with Crippen LogP contribution in [0.15, 0.2) is 18.2 Å². The summed E-state index contributed by atoms with van der Waals surface area (Å²) in [5.74, 6) is 0. The van der Waals surface area contributed by atoms with E-state index in [1.807, 2.05) is 19.1 Å². The fraction of sp³-hybridized carbons (Fsp3) is 0.538. The van der Waals surface area contributed by atoms with Crippen molar-refractivity contribution in [2.24, 2.45) is 0 Å². The van der Waals surface area contributed by atoms with E-state index in [-0.39, 0.29) is 12.4 Å². The maximum atomic E-state index is 6.09. The maximum Gasteiger partial charge on any atom is 0.129 e. The van der Waals surface area contributed by atoms with Crippen molar-refractivity contribution in [3.8, 4) is 0 Å². The Bertz CT molecular complexity index is 407. The summed E-state index contributed by atoms with van der Waals surface area (Å²) in [6, 6.07) is 5.60. The SMILES string of the molecule is CCO[C@@]1(c2ccc(Cl)c(Cl)c2)CNCCOC1.Cl. The third-order valence-electron chi connectivity index (χ3n) is 3.04. The molecule has 108 valence electrons. The van der Waals surface area contributed by atoms with Gasteiger partial charge < -0.3 is 14.8 Å². The minimum absolute atomic E-state index is 0. The number of halogens is 3. The molecule has 0 spiro atoms. The van der Waals surface area contributed by atoms with Crippen LogP contribution < -0.4 is 5.32 Å². The summed E-state index contributed by atoms with van der Waals surface area (Å²) in [6.07, 6.45) is 0. The van der Waals surface area contributed by atoms with Crippen molar-refractivity contribution in [2.45, 2.75) is 12.5 Å². The van der Waals surface area contributed by atoms with Crippen molar-refractivity contribution < 1.29 is 9.47 Å². The van der Waals surface area contributed by atoms with Crippen LogP contribution in [0.2, 0.25) is 10.0 Å². The van der Waals surface area contributed by atoms with Gasteiger partial charge in [-0.3, -0.25) is 0 Å². The summed E-state index contributed by atoms with van der Waals surface area (Å²) in [6.45, 7) is 5.34. The molecule has 3 nitrogen and oxygen atoms in total. The highest BCUT2D eigenvalue weighted by atomic mass is 35.5. The van der Waals surface area contributed by atoms with E-state index in [9.17, 15) is 0 Å². The molecule has 6 heteroatoms. The second-order valence-corrected chi connectivity index (χ2v) is 5.10. The highest BCUT2D eigenvalue weighted by molar-refractivity contribution is 6.42. The lowest BCUT2D eigenvalue weighted by Gasteiger charge is -2.32. The van der Waals surface area contributed by atoms with Crippen molar-refractivity contribution >= 4 is 35.6 Å². The molecule has 0 radical (unpaired) electrons. The zero-order valence-electron chi connectivity index (χ0n) is 10.7. The van der Waals surface area contributed by atoms with Gasteiger partial charge in [0.1, 0.15) is 5.60 Å². The molecule has 0 bridgehead atoms. The van der Waals surface area contributed by atoms with E-state index in [1.165, 1.54) is 0 Å². The van der Waals surface area contributed by atoms with Crippen molar-refractivity contribution in [1.29, 1.82) is 0 Å². The van der Waals surface area contributed by atoms with Crippen molar-refractivity contribution in [3.05, 3.63) is 33.8 Å². The molecule has 0 saturated carbocycles. The van der Waals surface area contributed by atoms with Gasteiger partial charge in [0.15, 0.2) is 0 Å². The fourth-order valence-electron chi connectivity index (χ4n) is 2.14. The van der Waals surface area contributed by atoms with Gasteiger partial charge in [0, 0.05) is 19.7 Å². The summed E-state index contributed by atoms with van der Waals surface area (Å²) >= 11 is 12.0. The quantitative estimate of drug-likeness (QED) is 0.925. The summed E-state index contributed by atoms with van der Waals surface area (Å²) in [4.78, 5) is 0. The van der Waals surface area contributed by atoms with E-state index in [0.29, 0.717) is 36.4 Å². The smallest absolute Gasteiger partial charge is 0.129 e. The van der Waals surface area contributed by atoms with Gasteiger partial charge in [0.2, 0.25) is 0 Å². The van der Waals surface area contributed by atoms with E-state index in [1.54, 1.807) is 6.07 Å². The average molecular weight is 327 g/mol. The minimum Gasteiger partial charge on any atom is -0.377 e. The maximum absolute atomic E-state index is 6.09. The predicted octanol–water partition coefficient (Wildman–Crippen LogP) is 3.27. The van der Waals surface area contributed by atoms with Crippen LogP contribution in [-0.2, 0) is 15.1 Å². The number of hydrogen-bond donors (Lipinski definition) is 1. The van der Waals surface area contributed by atoms with Gasteiger partial charge in [-0.05, 0) is 24.6 Å². The number of hydrogen-bond acceptors (Lipinski definition) is 3. The lowest BCUT2D eigenvalue weighted by Crippen LogP contribution is -2.42. The molecular formula is C13H18Cl3NO2. The first-order chi connectivity index (χ1) is 8.68. The molecule has 1 aliphatic rings. The second kappa shape index (κ2) is 7.67. The lowest BCUT2D eigenvalue weighted by molar-refractivity contribution is -0.0854. The molecule has 1 aromatic carbocycles. The molecule has 2 rings (SSSR count). The van der Waals surface area contributed by atoms with Crippen LogP contribution in [0.4, 0.5) is 0 Å². The van der Waals surface area contributed by atoms with Gasteiger partial charge in [-0.25, -0.2) is 0 Å². The third-order valence-corrected chi connectivity index (χ3v) is 3.77. The predicted molar refractivity (Wildman–Crippen MR) is 80.7 cm³/mol. The lowest BCUT2D eigenvalue weighted by atomic mass is 9.94. The van der Waals surface area contributed by atoms with Crippen molar-refractivity contribution in [3.63, 3.8) is 0 Å². The monoisotopic (exact) mass is 325 g/mol. The normalized spacial score (nSPS) is 23.5. The minimum atomic E-state index is -0.487. The third kappa shape index (κ3) is 3.97. The molecule has 1 N–H and O–H groups in total. The molecule has 0 unspecified atom stereocenters. The first kappa shape index (κ1) is 17.0. The first-order valence-corrected chi connectivity index (χ1v) is 6.81. The van der Waals surface area contributed by atoms with Crippen LogP contribution in [-0.4, -0.2) is 32.9 Å². The average Bonchev–Trinajstić information content (AvgIpc) is 2.60. The van der Waals surface area contributed by atoms with Crippen LogP contribution in [0.5, 0.6) is 0 Å². The Labute approximate surface area is 130 Å². The van der Waals surface area contributed by atoms with Gasteiger partial charge >= 0.3 is 0 Å². The Hall–Kier alpha value is -0.0300. The first-order valence-electron chi connectivity index (χ1n) is 6.06. The Morgan fingerprint density at radius 2 is 2.16 bits per heavy atom. The van der Waals surface area contributed by atoms with Crippen molar-refractivity contribution in [1.82, 2.24) is 5.32 Å². The number of ether oxygens (including phenoxy) is 2. The summed E-state index contributed by atoms with van der Waals surface area (Å²) < 4.78 is 11.6. The summed E-state index contributed by atoms with van der Waals surface area (Å²) in [7, 11) is 0. The largest absolute Gasteiger partial charge is 0.377 e. The number of nitrogens with one attached hydrogen (secondary N) is 1. The highest BCUT2D eigenvalue weighted by Crippen LogP contribution is 2.32. The molecule has 1 aromatic rings. The Kier molecular flexibility index (Phi) is 6.87. The Morgan fingerprint density at radius 1 is 1.37 bits per heavy atom. The molecule has 0 aromatic heterocycles. The van der Waals surface area contributed by atoms with Crippen LogP contribution >= 0.6 is 35.6 Å². The standard InChI is InChI=1S/C13H17Cl2NO2.ClH/c1-2-18-13(8-16-5-6-17-9-13)10-3-4-11(14)12(15)7-10;/h3-4,7,16H,2,5-6,8-9H2,1H3;1H/t13-;/m0./s1. The van der Waals surface area contributed by atoms with E-state index in [2.05, 4.69) is 5.32 Å². The van der Waals surface area contributed by atoms with Gasteiger partial charge in [-0.15, -0.1) is 12.4 Å². The molecule has 1 aliphatic heterocycles. The fourth-order valence-corrected chi connectivity index (χ4v) is 2.44. The van der Waals surface area contributed by atoms with Gasteiger partial charge in [0.05, 0.1) is 23.3 Å². The topological polar surface area (TPSA) is 30.5 Å². The Balaban J connectivity index is 0.00000180. The molecule has 1 fully saturated rings. The zero-order chi connectivity index (χ0) is 13.0. The molecule has 1 heterocycles. The molecular weight excluding hydrogens is 309 g/mol. The van der Waals surface area contributed by atoms with E-state index >= 15 is 0 Å². The van der Waals surface area contributed by atoms with Crippen LogP contribution in [0.25, 0.3) is 0 Å². The number of benzene rings is 1. The molecule has 1 atom stereocenters. The molecule has 19 heavy (non-hydrogen) atoms. The second-order valence-electron chi connectivity index (χ2n) is 4.29. The summed E-state index contributed by atoms with van der Waals surface area (Å²) in [5, 5.41) is 4.42. The van der Waals surface area contributed by atoms with Crippen LogP contribution in [0, 0.1) is 0 Å². The molecule has 0 aliphatic carbocycles. The van der Waals surface area contributed by atoms with Gasteiger partial charge in [-0.1, -0.05) is 29.3 Å². The van der Waals surface area contributed by atoms with Gasteiger partial charge in [-0.2, -0.15) is 0 Å². The molecule has 1 saturated heterocycles. The van der Waals surface area contributed by atoms with Crippen LogP contribution in [0.1, 0.15) is 12.5 Å². The zero-order valence-corrected chi connectivity index (χ0v) is 13.1. The summed E-state index contributed by atoms with van der Waals surface area (Å²) in [5.41, 5.74) is 0.507. The van der Waals surface area contributed by atoms with Crippen LogP contribution in [0.3, 0.4) is 0 Å². The van der Waals surface area contributed by atoms with Gasteiger partial charge in [0.25, 0.3) is 0 Å². The van der Waals surface area contributed by atoms with E-state index < -0.39 is 5.60 Å². The van der Waals surface area contributed by atoms with E-state index in [0.717, 1.165) is 12.1 Å².